The van der Waals surface area contributed by atoms with Gasteiger partial charge < -0.3 is 14.4 Å². The van der Waals surface area contributed by atoms with Crippen LogP contribution in [0.5, 0.6) is 11.5 Å². The lowest BCUT2D eigenvalue weighted by atomic mass is 10.1. The molecule has 5 heteroatoms. The number of carbonyl (C=O) groups is 1. The van der Waals surface area contributed by atoms with Crippen molar-refractivity contribution in [3.05, 3.63) is 94.5 Å². The summed E-state index contributed by atoms with van der Waals surface area (Å²) in [4.78, 5) is 15.0. The van der Waals surface area contributed by atoms with Crippen molar-refractivity contribution in [2.45, 2.75) is 13.1 Å². The Labute approximate surface area is 162 Å². The van der Waals surface area contributed by atoms with Crippen LogP contribution < -0.4 is 9.47 Å². The maximum Gasteiger partial charge on any atom is 0.255 e. The monoisotopic (exact) mass is 379 g/mol. The molecular weight excluding hydrogens is 362 g/mol. The minimum absolute atomic E-state index is 0.109. The fraction of sp³-hybridized carbons (Fsp3) is 0.136. The third-order valence-corrected chi connectivity index (χ3v) is 4.75. The summed E-state index contributed by atoms with van der Waals surface area (Å²) in [6.45, 7) is 1.15. The highest BCUT2D eigenvalue weighted by molar-refractivity contribution is 6.33. The molecule has 0 fully saturated rings. The first-order valence-corrected chi connectivity index (χ1v) is 9.05. The summed E-state index contributed by atoms with van der Waals surface area (Å²) in [5.74, 6) is 1.32. The van der Waals surface area contributed by atoms with E-state index in [1.54, 1.807) is 17.0 Å². The Morgan fingerprint density at radius 1 is 0.852 bits per heavy atom. The van der Waals surface area contributed by atoms with E-state index in [1.807, 2.05) is 60.7 Å². The Morgan fingerprint density at radius 2 is 1.56 bits per heavy atom. The van der Waals surface area contributed by atoms with Crippen LogP contribution >= 0.6 is 11.6 Å². The Hall–Kier alpha value is -2.98. The fourth-order valence-electron chi connectivity index (χ4n) is 3.07. The summed E-state index contributed by atoms with van der Waals surface area (Å²) in [6.07, 6.45) is 0. The van der Waals surface area contributed by atoms with Crippen LogP contribution in [0.4, 0.5) is 0 Å². The van der Waals surface area contributed by atoms with Gasteiger partial charge in [0.1, 0.15) is 0 Å². The molecule has 1 heterocycles. The number of halogens is 1. The average Bonchev–Trinajstić information content (AvgIpc) is 3.16. The Bertz CT molecular complexity index is 959. The molecular formula is C22H18ClNO3. The Morgan fingerprint density at radius 3 is 2.37 bits per heavy atom. The van der Waals surface area contributed by atoms with Crippen LogP contribution in [-0.4, -0.2) is 17.6 Å². The fourth-order valence-corrected chi connectivity index (χ4v) is 3.28. The van der Waals surface area contributed by atoms with Crippen LogP contribution in [0.25, 0.3) is 0 Å². The van der Waals surface area contributed by atoms with Gasteiger partial charge in [-0.25, -0.2) is 0 Å². The molecule has 27 heavy (non-hydrogen) atoms. The Kier molecular flexibility index (Phi) is 4.99. The summed E-state index contributed by atoms with van der Waals surface area (Å²) >= 11 is 6.26. The number of carbonyl (C=O) groups excluding carboxylic acids is 1. The molecule has 0 spiro atoms. The molecule has 1 amide bonds. The summed E-state index contributed by atoms with van der Waals surface area (Å²) in [5.41, 5.74) is 2.52. The first kappa shape index (κ1) is 17.4. The van der Waals surface area contributed by atoms with E-state index in [1.165, 1.54) is 0 Å². The molecule has 0 bridgehead atoms. The standard InChI is InChI=1S/C22H18ClNO3/c23-19-9-5-4-8-18(19)22(25)24(13-16-6-2-1-3-7-16)14-17-10-11-20-21(12-17)27-15-26-20/h1-12H,13-15H2. The smallest absolute Gasteiger partial charge is 0.255 e. The molecule has 1 aliphatic heterocycles. The van der Waals surface area contributed by atoms with E-state index in [2.05, 4.69) is 0 Å². The van der Waals surface area contributed by atoms with E-state index in [-0.39, 0.29) is 12.7 Å². The van der Waals surface area contributed by atoms with Crippen molar-refractivity contribution < 1.29 is 14.3 Å². The first-order chi connectivity index (χ1) is 13.2. The third kappa shape index (κ3) is 3.91. The van der Waals surface area contributed by atoms with Crippen molar-refractivity contribution in [3.63, 3.8) is 0 Å². The van der Waals surface area contributed by atoms with Gasteiger partial charge in [-0.2, -0.15) is 0 Å². The second kappa shape index (κ2) is 7.72. The maximum atomic E-state index is 13.2. The number of hydrogen-bond donors (Lipinski definition) is 0. The van der Waals surface area contributed by atoms with E-state index in [9.17, 15) is 4.79 Å². The van der Waals surface area contributed by atoms with Crippen molar-refractivity contribution in [3.8, 4) is 11.5 Å². The van der Waals surface area contributed by atoms with Crippen molar-refractivity contribution in [1.82, 2.24) is 4.90 Å². The second-order valence-electron chi connectivity index (χ2n) is 6.31. The molecule has 0 radical (unpaired) electrons. The minimum Gasteiger partial charge on any atom is -0.454 e. The van der Waals surface area contributed by atoms with Gasteiger partial charge >= 0.3 is 0 Å². The molecule has 3 aromatic carbocycles. The summed E-state index contributed by atoms with van der Waals surface area (Å²) in [6, 6.07) is 22.8. The highest BCUT2D eigenvalue weighted by atomic mass is 35.5. The normalized spacial score (nSPS) is 12.0. The molecule has 0 aliphatic carbocycles. The molecule has 0 atom stereocenters. The van der Waals surface area contributed by atoms with E-state index in [0.717, 1.165) is 16.9 Å². The van der Waals surface area contributed by atoms with Crippen LogP contribution in [0.2, 0.25) is 5.02 Å². The van der Waals surface area contributed by atoms with E-state index < -0.39 is 0 Å². The van der Waals surface area contributed by atoms with Gasteiger partial charge in [0.05, 0.1) is 10.6 Å². The second-order valence-corrected chi connectivity index (χ2v) is 6.72. The summed E-state index contributed by atoms with van der Waals surface area (Å²) < 4.78 is 10.8. The molecule has 1 aliphatic rings. The van der Waals surface area contributed by atoms with E-state index in [0.29, 0.717) is 29.4 Å². The number of rotatable bonds is 5. The molecule has 3 aromatic rings. The van der Waals surface area contributed by atoms with Gasteiger partial charge in [-0.1, -0.05) is 60.1 Å². The third-order valence-electron chi connectivity index (χ3n) is 4.42. The molecule has 4 rings (SSSR count). The highest BCUT2D eigenvalue weighted by Gasteiger charge is 2.20. The molecule has 0 aromatic heterocycles. The molecule has 0 unspecified atom stereocenters. The number of ether oxygens (including phenoxy) is 2. The quantitative estimate of drug-likeness (QED) is 0.632. The lowest BCUT2D eigenvalue weighted by molar-refractivity contribution is 0.0730. The maximum absolute atomic E-state index is 13.2. The van der Waals surface area contributed by atoms with E-state index >= 15 is 0 Å². The van der Waals surface area contributed by atoms with E-state index in [4.69, 9.17) is 21.1 Å². The van der Waals surface area contributed by atoms with Gasteiger partial charge in [0, 0.05) is 13.1 Å². The zero-order valence-corrected chi connectivity index (χ0v) is 15.4. The van der Waals surface area contributed by atoms with Crippen molar-refractivity contribution >= 4 is 17.5 Å². The van der Waals surface area contributed by atoms with Crippen LogP contribution in [-0.2, 0) is 13.1 Å². The van der Waals surface area contributed by atoms with Crippen molar-refractivity contribution in [2.24, 2.45) is 0 Å². The van der Waals surface area contributed by atoms with Crippen LogP contribution in [0.15, 0.2) is 72.8 Å². The highest BCUT2D eigenvalue weighted by Crippen LogP contribution is 2.33. The van der Waals surface area contributed by atoms with Gasteiger partial charge in [-0.15, -0.1) is 0 Å². The molecule has 0 N–H and O–H groups in total. The SMILES string of the molecule is O=C(c1ccccc1Cl)N(Cc1ccccc1)Cc1ccc2c(c1)OCO2. The predicted octanol–water partition coefficient (Wildman–Crippen LogP) is 4.91. The molecule has 136 valence electrons. The lowest BCUT2D eigenvalue weighted by Crippen LogP contribution is -2.30. The van der Waals surface area contributed by atoms with Crippen LogP contribution in [0, 0.1) is 0 Å². The van der Waals surface area contributed by atoms with Crippen LogP contribution in [0.1, 0.15) is 21.5 Å². The zero-order chi connectivity index (χ0) is 18.6. The number of hydrogen-bond acceptors (Lipinski definition) is 3. The molecule has 0 saturated heterocycles. The number of fused-ring (bicyclic) bond motifs is 1. The molecule has 0 saturated carbocycles. The average molecular weight is 380 g/mol. The number of nitrogens with zero attached hydrogens (tertiary/aromatic N) is 1. The summed E-state index contributed by atoms with van der Waals surface area (Å²) in [7, 11) is 0. The predicted molar refractivity (Wildman–Crippen MR) is 104 cm³/mol. The lowest BCUT2D eigenvalue weighted by Gasteiger charge is -2.24. The number of benzene rings is 3. The van der Waals surface area contributed by atoms with Gasteiger partial charge in [0.25, 0.3) is 5.91 Å². The minimum atomic E-state index is -0.109. The first-order valence-electron chi connectivity index (χ1n) is 8.67. The van der Waals surface area contributed by atoms with Gasteiger partial charge in [-0.3, -0.25) is 4.79 Å². The van der Waals surface area contributed by atoms with Crippen molar-refractivity contribution in [1.29, 1.82) is 0 Å². The Balaban J connectivity index is 1.63. The van der Waals surface area contributed by atoms with Gasteiger partial charge in [0.2, 0.25) is 6.79 Å². The largest absolute Gasteiger partial charge is 0.454 e. The van der Waals surface area contributed by atoms with Gasteiger partial charge in [0.15, 0.2) is 11.5 Å². The zero-order valence-electron chi connectivity index (χ0n) is 14.6. The van der Waals surface area contributed by atoms with Gasteiger partial charge in [-0.05, 0) is 35.4 Å². The van der Waals surface area contributed by atoms with Crippen LogP contribution in [0.3, 0.4) is 0 Å². The molecule has 4 nitrogen and oxygen atoms in total. The number of amides is 1. The van der Waals surface area contributed by atoms with Crippen molar-refractivity contribution in [2.75, 3.05) is 6.79 Å². The topological polar surface area (TPSA) is 38.8 Å². The summed E-state index contributed by atoms with van der Waals surface area (Å²) in [5, 5.41) is 0.450.